The molecule has 0 amide bonds. The Bertz CT molecular complexity index is 717. The van der Waals surface area contributed by atoms with Gasteiger partial charge in [0, 0.05) is 19.6 Å². The molecule has 0 saturated carbocycles. The van der Waals surface area contributed by atoms with Crippen molar-refractivity contribution in [3.63, 3.8) is 0 Å². The zero-order valence-electron chi connectivity index (χ0n) is 15.7. The third-order valence-corrected chi connectivity index (χ3v) is 3.89. The summed E-state index contributed by atoms with van der Waals surface area (Å²) in [4.78, 5) is 12.8. The highest BCUT2D eigenvalue weighted by Crippen LogP contribution is 2.18. The second-order valence-corrected chi connectivity index (χ2v) is 5.96. The van der Waals surface area contributed by atoms with Crippen LogP contribution in [0.1, 0.15) is 44.9 Å². The number of hydrogen-bond acceptors (Lipinski definition) is 8. The molecule has 2 aromatic heterocycles. The van der Waals surface area contributed by atoms with Crippen LogP contribution >= 0.6 is 11.6 Å². The van der Waals surface area contributed by atoms with Crippen LogP contribution in [-0.4, -0.2) is 44.0 Å². The van der Waals surface area contributed by atoms with Gasteiger partial charge in [-0.05, 0) is 27.2 Å². The maximum Gasteiger partial charge on any atom is 0.250 e. The SMILES string of the molecule is CCCCn1nc(C)c(/C=N/Nc2nc(NCC)nc(NCC)n2)c1Cl. The minimum Gasteiger partial charge on any atom is -0.354 e. The van der Waals surface area contributed by atoms with E-state index in [4.69, 9.17) is 11.6 Å². The lowest BCUT2D eigenvalue weighted by Gasteiger charge is -2.07. The van der Waals surface area contributed by atoms with E-state index in [9.17, 15) is 0 Å². The second kappa shape index (κ2) is 9.91. The highest BCUT2D eigenvalue weighted by molar-refractivity contribution is 6.32. The normalized spacial score (nSPS) is 11.1. The smallest absolute Gasteiger partial charge is 0.250 e. The molecule has 10 heteroatoms. The molecule has 2 heterocycles. The topological polar surface area (TPSA) is 105 Å². The Hall–Kier alpha value is -2.42. The molecule has 0 fully saturated rings. The third-order valence-electron chi connectivity index (χ3n) is 3.50. The van der Waals surface area contributed by atoms with Crippen LogP contribution in [-0.2, 0) is 6.54 Å². The van der Waals surface area contributed by atoms with Crippen LogP contribution in [0.4, 0.5) is 17.8 Å². The fraction of sp³-hybridized carbons (Fsp3) is 0.562. The Labute approximate surface area is 158 Å². The number of aryl methyl sites for hydroxylation is 2. The van der Waals surface area contributed by atoms with E-state index in [1.165, 1.54) is 0 Å². The number of rotatable bonds is 10. The molecule has 0 unspecified atom stereocenters. The fourth-order valence-electron chi connectivity index (χ4n) is 2.22. The molecular weight excluding hydrogens is 354 g/mol. The van der Waals surface area contributed by atoms with Gasteiger partial charge in [-0.15, -0.1) is 0 Å². The summed E-state index contributed by atoms with van der Waals surface area (Å²) in [6.45, 7) is 10.2. The van der Waals surface area contributed by atoms with Gasteiger partial charge >= 0.3 is 0 Å². The first kappa shape index (κ1) is 19.9. The van der Waals surface area contributed by atoms with Gasteiger partial charge in [0.05, 0.1) is 17.5 Å². The van der Waals surface area contributed by atoms with Gasteiger partial charge in [0.15, 0.2) is 0 Å². The Morgan fingerprint density at radius 2 is 1.65 bits per heavy atom. The van der Waals surface area contributed by atoms with Crippen LogP contribution in [0, 0.1) is 6.92 Å². The molecule has 0 aromatic carbocycles. The van der Waals surface area contributed by atoms with Crippen molar-refractivity contribution in [2.45, 2.75) is 47.1 Å². The van der Waals surface area contributed by atoms with E-state index in [0.29, 0.717) is 36.1 Å². The van der Waals surface area contributed by atoms with E-state index >= 15 is 0 Å². The Balaban J connectivity index is 2.13. The van der Waals surface area contributed by atoms with Crippen molar-refractivity contribution in [3.05, 3.63) is 16.4 Å². The largest absolute Gasteiger partial charge is 0.354 e. The fourth-order valence-corrected chi connectivity index (χ4v) is 2.53. The third kappa shape index (κ3) is 5.29. The molecule has 0 aliphatic heterocycles. The summed E-state index contributed by atoms with van der Waals surface area (Å²) >= 11 is 6.40. The summed E-state index contributed by atoms with van der Waals surface area (Å²) in [5.74, 6) is 1.31. The Morgan fingerprint density at radius 3 is 2.23 bits per heavy atom. The molecular formula is C16H26ClN9. The van der Waals surface area contributed by atoms with Crippen LogP contribution in [0.25, 0.3) is 0 Å². The zero-order chi connectivity index (χ0) is 18.9. The number of hydrogen-bond donors (Lipinski definition) is 3. The summed E-state index contributed by atoms with van der Waals surface area (Å²) in [6, 6.07) is 0. The quantitative estimate of drug-likeness (QED) is 0.430. The van der Waals surface area contributed by atoms with E-state index in [0.717, 1.165) is 30.6 Å². The molecule has 3 N–H and O–H groups in total. The highest BCUT2D eigenvalue weighted by atomic mass is 35.5. The van der Waals surface area contributed by atoms with E-state index in [-0.39, 0.29) is 0 Å². The van der Waals surface area contributed by atoms with Gasteiger partial charge in [-0.2, -0.15) is 25.2 Å². The number of aromatic nitrogens is 5. The van der Waals surface area contributed by atoms with E-state index in [1.807, 2.05) is 20.8 Å². The molecule has 142 valence electrons. The predicted molar refractivity (Wildman–Crippen MR) is 106 cm³/mol. The molecule has 0 bridgehead atoms. The van der Waals surface area contributed by atoms with Crippen molar-refractivity contribution >= 4 is 35.7 Å². The maximum absolute atomic E-state index is 6.40. The molecule has 2 aromatic rings. The van der Waals surface area contributed by atoms with Gasteiger partial charge in [0.1, 0.15) is 5.15 Å². The molecule has 0 atom stereocenters. The summed E-state index contributed by atoms with van der Waals surface area (Å²) in [5, 5.41) is 15.4. The van der Waals surface area contributed by atoms with Gasteiger partial charge in [0.25, 0.3) is 0 Å². The monoisotopic (exact) mass is 379 g/mol. The van der Waals surface area contributed by atoms with Crippen LogP contribution in [0.5, 0.6) is 0 Å². The first-order chi connectivity index (χ1) is 12.6. The van der Waals surface area contributed by atoms with Crippen LogP contribution in [0.2, 0.25) is 5.15 Å². The minimum atomic E-state index is 0.343. The van der Waals surface area contributed by atoms with Crippen LogP contribution in [0.15, 0.2) is 5.10 Å². The molecule has 0 spiro atoms. The van der Waals surface area contributed by atoms with E-state index in [1.54, 1.807) is 10.9 Å². The first-order valence-corrected chi connectivity index (χ1v) is 9.22. The second-order valence-electron chi connectivity index (χ2n) is 5.60. The molecule has 0 aliphatic rings. The number of unbranched alkanes of at least 4 members (excludes halogenated alkanes) is 1. The summed E-state index contributed by atoms with van der Waals surface area (Å²) in [6.07, 6.45) is 3.75. The molecule has 0 radical (unpaired) electrons. The van der Waals surface area contributed by atoms with Gasteiger partial charge in [-0.3, -0.25) is 4.68 Å². The van der Waals surface area contributed by atoms with Crippen molar-refractivity contribution in [2.24, 2.45) is 5.10 Å². The van der Waals surface area contributed by atoms with Crippen LogP contribution < -0.4 is 16.1 Å². The number of halogens is 1. The van der Waals surface area contributed by atoms with Gasteiger partial charge in [-0.25, -0.2) is 5.43 Å². The Morgan fingerprint density at radius 1 is 1.04 bits per heavy atom. The molecule has 26 heavy (non-hydrogen) atoms. The van der Waals surface area contributed by atoms with Crippen molar-refractivity contribution < 1.29 is 0 Å². The number of anilines is 3. The molecule has 2 rings (SSSR count). The average molecular weight is 380 g/mol. The van der Waals surface area contributed by atoms with Crippen molar-refractivity contribution in [1.29, 1.82) is 0 Å². The van der Waals surface area contributed by atoms with E-state index in [2.05, 4.69) is 48.1 Å². The number of hydrazone groups is 1. The van der Waals surface area contributed by atoms with Crippen molar-refractivity contribution in [3.8, 4) is 0 Å². The lowest BCUT2D eigenvalue weighted by molar-refractivity contribution is 0.569. The van der Waals surface area contributed by atoms with Gasteiger partial charge < -0.3 is 10.6 Å². The highest BCUT2D eigenvalue weighted by Gasteiger charge is 2.11. The standard InChI is InChI=1S/C16H26ClN9/c1-5-8-9-26-13(17)12(11(4)25-26)10-20-24-16-22-14(18-6-2)21-15(23-16)19-7-3/h10H,5-9H2,1-4H3,(H3,18,19,21,22,23,24)/b20-10+. The minimum absolute atomic E-state index is 0.343. The van der Waals surface area contributed by atoms with Gasteiger partial charge in [0.2, 0.25) is 17.8 Å². The lowest BCUT2D eigenvalue weighted by Crippen LogP contribution is -2.10. The Kier molecular flexibility index (Phi) is 7.58. The van der Waals surface area contributed by atoms with Crippen LogP contribution in [0.3, 0.4) is 0 Å². The van der Waals surface area contributed by atoms with Gasteiger partial charge in [-0.1, -0.05) is 24.9 Å². The van der Waals surface area contributed by atoms with E-state index < -0.39 is 0 Å². The molecule has 0 saturated heterocycles. The molecule has 9 nitrogen and oxygen atoms in total. The maximum atomic E-state index is 6.40. The summed E-state index contributed by atoms with van der Waals surface area (Å²) in [5.41, 5.74) is 4.44. The number of nitrogens with one attached hydrogen (secondary N) is 3. The zero-order valence-corrected chi connectivity index (χ0v) is 16.4. The lowest BCUT2D eigenvalue weighted by atomic mass is 10.3. The van der Waals surface area contributed by atoms with Crippen molar-refractivity contribution in [2.75, 3.05) is 29.1 Å². The first-order valence-electron chi connectivity index (χ1n) is 8.84. The summed E-state index contributed by atoms with van der Waals surface area (Å²) < 4.78 is 1.80. The number of nitrogens with zero attached hydrogens (tertiary/aromatic N) is 6. The van der Waals surface area contributed by atoms with Crippen molar-refractivity contribution in [1.82, 2.24) is 24.7 Å². The predicted octanol–water partition coefficient (Wildman–Crippen LogP) is 3.14. The summed E-state index contributed by atoms with van der Waals surface area (Å²) in [7, 11) is 0. The average Bonchev–Trinajstić information content (AvgIpc) is 2.88. The molecule has 0 aliphatic carbocycles.